The van der Waals surface area contributed by atoms with E-state index in [1.54, 1.807) is 7.11 Å². The number of ether oxygens (including phenoxy) is 1. The molecule has 0 saturated carbocycles. The summed E-state index contributed by atoms with van der Waals surface area (Å²) in [6, 6.07) is 0. The minimum atomic E-state index is 0. The molecule has 0 aromatic heterocycles. The summed E-state index contributed by atoms with van der Waals surface area (Å²) in [6.07, 6.45) is 4.07. The number of hydrogen-bond donors (Lipinski definition) is 1. The van der Waals surface area contributed by atoms with E-state index in [9.17, 15) is 0 Å². The van der Waals surface area contributed by atoms with Gasteiger partial charge in [0.15, 0.2) is 0 Å². The zero-order valence-electron chi connectivity index (χ0n) is 12.5. The summed E-state index contributed by atoms with van der Waals surface area (Å²) in [5.41, 5.74) is 0.284. The van der Waals surface area contributed by atoms with Crippen molar-refractivity contribution in [3.63, 3.8) is 0 Å². The highest BCUT2D eigenvalue weighted by molar-refractivity contribution is 5.85. The lowest BCUT2D eigenvalue weighted by Gasteiger charge is -2.37. The van der Waals surface area contributed by atoms with E-state index in [0.29, 0.717) is 0 Å². The Hall–Kier alpha value is 0.170. The largest absolute Gasteiger partial charge is 0.384 e. The Morgan fingerprint density at radius 3 is 2.39 bits per heavy atom. The second-order valence-electron chi connectivity index (χ2n) is 6.21. The van der Waals surface area contributed by atoms with Crippen LogP contribution in [-0.4, -0.2) is 51.8 Å². The predicted octanol–water partition coefficient (Wildman–Crippen LogP) is 2.40. The Labute approximate surface area is 119 Å². The van der Waals surface area contributed by atoms with Gasteiger partial charge in [0.25, 0.3) is 0 Å². The van der Waals surface area contributed by atoms with Gasteiger partial charge < -0.3 is 15.0 Å². The third-order valence-corrected chi connectivity index (χ3v) is 3.70. The normalized spacial score (nSPS) is 18.7. The minimum Gasteiger partial charge on any atom is -0.384 e. The molecular formula is C14H31ClN2O. The van der Waals surface area contributed by atoms with Gasteiger partial charge in [0, 0.05) is 19.1 Å². The molecule has 0 amide bonds. The number of rotatable bonds is 7. The average molecular weight is 279 g/mol. The van der Waals surface area contributed by atoms with Gasteiger partial charge in [-0.1, -0.05) is 13.8 Å². The molecule has 1 saturated heterocycles. The van der Waals surface area contributed by atoms with Crippen molar-refractivity contribution in [2.75, 3.05) is 46.9 Å². The molecule has 0 bridgehead atoms. The number of nitrogens with one attached hydrogen (secondary N) is 1. The van der Waals surface area contributed by atoms with Gasteiger partial charge in [-0.05, 0) is 51.9 Å². The zero-order chi connectivity index (χ0) is 12.7. The fraction of sp³-hybridized carbons (Fsp3) is 1.00. The highest BCUT2D eigenvalue weighted by Crippen LogP contribution is 2.24. The number of hydrogen-bond acceptors (Lipinski definition) is 3. The van der Waals surface area contributed by atoms with E-state index in [-0.39, 0.29) is 17.8 Å². The van der Waals surface area contributed by atoms with Crippen LogP contribution in [0.3, 0.4) is 0 Å². The summed E-state index contributed by atoms with van der Waals surface area (Å²) in [4.78, 5) is 2.61. The van der Waals surface area contributed by atoms with E-state index in [1.807, 2.05) is 7.05 Å². The molecule has 0 aromatic rings. The number of piperidine rings is 1. The van der Waals surface area contributed by atoms with E-state index in [0.717, 1.165) is 12.5 Å². The Morgan fingerprint density at radius 2 is 1.89 bits per heavy atom. The van der Waals surface area contributed by atoms with E-state index in [4.69, 9.17) is 4.74 Å². The quantitative estimate of drug-likeness (QED) is 0.774. The van der Waals surface area contributed by atoms with Gasteiger partial charge in [-0.2, -0.15) is 0 Å². The highest BCUT2D eigenvalue weighted by Gasteiger charge is 2.25. The van der Waals surface area contributed by atoms with E-state index in [1.165, 1.54) is 45.4 Å². The molecule has 110 valence electrons. The molecule has 0 radical (unpaired) electrons. The van der Waals surface area contributed by atoms with Gasteiger partial charge in [-0.25, -0.2) is 0 Å². The molecule has 1 aliphatic heterocycles. The maximum absolute atomic E-state index is 5.29. The van der Waals surface area contributed by atoms with Crippen LogP contribution in [0.4, 0.5) is 0 Å². The summed E-state index contributed by atoms with van der Waals surface area (Å²) < 4.78 is 5.29. The van der Waals surface area contributed by atoms with Crippen molar-refractivity contribution in [3.05, 3.63) is 0 Å². The molecular weight excluding hydrogens is 248 g/mol. The molecule has 18 heavy (non-hydrogen) atoms. The summed E-state index contributed by atoms with van der Waals surface area (Å²) in [7, 11) is 3.84. The van der Waals surface area contributed by atoms with Crippen LogP contribution in [0.1, 0.15) is 33.1 Å². The third-order valence-electron chi connectivity index (χ3n) is 3.70. The van der Waals surface area contributed by atoms with Crippen molar-refractivity contribution in [3.8, 4) is 0 Å². The van der Waals surface area contributed by atoms with Crippen molar-refractivity contribution >= 4 is 12.4 Å². The lowest BCUT2D eigenvalue weighted by molar-refractivity contribution is 0.0561. The second-order valence-corrected chi connectivity index (χ2v) is 6.21. The standard InChI is InChI=1S/C14H30N2O.ClH/c1-14(2,12-17-4)11-16-9-6-13(7-10-16)5-8-15-3;/h13,15H,5-12H2,1-4H3;1H. The van der Waals surface area contributed by atoms with Crippen LogP contribution in [0.5, 0.6) is 0 Å². The van der Waals surface area contributed by atoms with Gasteiger partial charge in [0.1, 0.15) is 0 Å². The van der Waals surface area contributed by atoms with Crippen molar-refractivity contribution in [2.45, 2.75) is 33.1 Å². The molecule has 1 N–H and O–H groups in total. The summed E-state index contributed by atoms with van der Waals surface area (Å²) in [5.74, 6) is 0.934. The van der Waals surface area contributed by atoms with E-state index >= 15 is 0 Å². The monoisotopic (exact) mass is 278 g/mol. The van der Waals surface area contributed by atoms with Crippen LogP contribution >= 0.6 is 12.4 Å². The van der Waals surface area contributed by atoms with Crippen molar-refractivity contribution < 1.29 is 4.74 Å². The highest BCUT2D eigenvalue weighted by atomic mass is 35.5. The van der Waals surface area contributed by atoms with Crippen LogP contribution in [-0.2, 0) is 4.74 Å². The predicted molar refractivity (Wildman–Crippen MR) is 80.6 cm³/mol. The van der Waals surface area contributed by atoms with Crippen molar-refractivity contribution in [1.29, 1.82) is 0 Å². The first-order valence-electron chi connectivity index (χ1n) is 6.93. The molecule has 0 atom stereocenters. The van der Waals surface area contributed by atoms with Crippen molar-refractivity contribution in [1.82, 2.24) is 10.2 Å². The van der Waals surface area contributed by atoms with E-state index in [2.05, 4.69) is 24.1 Å². The van der Waals surface area contributed by atoms with Crippen LogP contribution in [0.25, 0.3) is 0 Å². The fourth-order valence-electron chi connectivity index (χ4n) is 2.82. The Kier molecular flexibility index (Phi) is 9.22. The fourth-order valence-corrected chi connectivity index (χ4v) is 2.82. The van der Waals surface area contributed by atoms with Gasteiger partial charge in [0.05, 0.1) is 6.61 Å². The van der Waals surface area contributed by atoms with Gasteiger partial charge in [0.2, 0.25) is 0 Å². The molecule has 1 aliphatic rings. The third kappa shape index (κ3) is 6.93. The molecule has 0 aliphatic carbocycles. The lowest BCUT2D eigenvalue weighted by Crippen LogP contribution is -2.41. The molecule has 1 fully saturated rings. The molecule has 0 spiro atoms. The topological polar surface area (TPSA) is 24.5 Å². The molecule has 3 nitrogen and oxygen atoms in total. The number of methoxy groups -OCH3 is 1. The molecule has 4 heteroatoms. The van der Waals surface area contributed by atoms with Gasteiger partial charge >= 0.3 is 0 Å². The Balaban J connectivity index is 0.00000289. The summed E-state index contributed by atoms with van der Waals surface area (Å²) in [5, 5.41) is 3.25. The first-order valence-corrected chi connectivity index (χ1v) is 6.93. The summed E-state index contributed by atoms with van der Waals surface area (Å²) in [6.45, 7) is 10.3. The molecule has 1 heterocycles. The zero-order valence-corrected chi connectivity index (χ0v) is 13.3. The SMILES string of the molecule is CNCCC1CCN(CC(C)(C)COC)CC1.Cl. The lowest BCUT2D eigenvalue weighted by atomic mass is 9.89. The van der Waals surface area contributed by atoms with Crippen LogP contribution in [0, 0.1) is 11.3 Å². The molecule has 0 unspecified atom stereocenters. The van der Waals surface area contributed by atoms with Crippen LogP contribution < -0.4 is 5.32 Å². The maximum atomic E-state index is 5.29. The van der Waals surface area contributed by atoms with Gasteiger partial charge in [-0.15, -0.1) is 12.4 Å². The van der Waals surface area contributed by atoms with Crippen molar-refractivity contribution in [2.24, 2.45) is 11.3 Å². The first kappa shape index (κ1) is 18.2. The summed E-state index contributed by atoms with van der Waals surface area (Å²) >= 11 is 0. The van der Waals surface area contributed by atoms with E-state index < -0.39 is 0 Å². The molecule has 1 rings (SSSR count). The number of nitrogens with zero attached hydrogens (tertiary/aromatic N) is 1. The average Bonchev–Trinajstić information content (AvgIpc) is 2.27. The number of halogens is 1. The van der Waals surface area contributed by atoms with Gasteiger partial charge in [-0.3, -0.25) is 0 Å². The minimum absolute atomic E-state index is 0. The molecule has 0 aromatic carbocycles. The smallest absolute Gasteiger partial charge is 0.0525 e. The Bertz CT molecular complexity index is 204. The second kappa shape index (κ2) is 9.13. The number of likely N-dealkylation sites (tertiary alicyclic amines) is 1. The maximum Gasteiger partial charge on any atom is 0.0525 e. The van der Waals surface area contributed by atoms with Crippen LogP contribution in [0.2, 0.25) is 0 Å². The van der Waals surface area contributed by atoms with Crippen LogP contribution in [0.15, 0.2) is 0 Å². The Morgan fingerprint density at radius 1 is 1.28 bits per heavy atom. The first-order chi connectivity index (χ1) is 8.07.